The van der Waals surface area contributed by atoms with Crippen molar-refractivity contribution in [3.05, 3.63) is 58.3 Å². The number of fused-ring (bicyclic) bond motifs is 1. The monoisotopic (exact) mass is 363 g/mol. The van der Waals surface area contributed by atoms with E-state index < -0.39 is 0 Å². The summed E-state index contributed by atoms with van der Waals surface area (Å²) in [5, 5.41) is 0. The third kappa shape index (κ3) is 3.14. The summed E-state index contributed by atoms with van der Waals surface area (Å²) in [7, 11) is 0. The number of hydrogen-bond acceptors (Lipinski definition) is 2. The number of hydrogen-bond donors (Lipinski definition) is 0. The molecule has 0 aromatic heterocycles. The number of halogens is 2. The maximum atomic E-state index is 13.0. The van der Waals surface area contributed by atoms with Gasteiger partial charge in [0, 0.05) is 12.2 Å². The topological polar surface area (TPSA) is 29.5 Å². The van der Waals surface area contributed by atoms with Crippen LogP contribution in [0.25, 0.3) is 0 Å². The van der Waals surface area contributed by atoms with Gasteiger partial charge in [-0.05, 0) is 58.6 Å². The molecule has 0 N–H and O–H groups in total. The first-order valence-corrected chi connectivity index (χ1v) is 7.90. The Hall–Kier alpha value is -1.88. The first-order chi connectivity index (χ1) is 10.6. The Morgan fingerprint density at radius 2 is 2.09 bits per heavy atom. The van der Waals surface area contributed by atoms with Gasteiger partial charge in [0.2, 0.25) is 0 Å². The molecule has 0 bridgehead atoms. The predicted molar refractivity (Wildman–Crippen MR) is 86.7 cm³/mol. The van der Waals surface area contributed by atoms with Crippen LogP contribution in [0.3, 0.4) is 0 Å². The minimum absolute atomic E-state index is 0.0709. The maximum absolute atomic E-state index is 13.0. The van der Waals surface area contributed by atoms with E-state index in [-0.39, 0.29) is 18.3 Å². The molecule has 22 heavy (non-hydrogen) atoms. The Kier molecular flexibility index (Phi) is 4.43. The molecule has 1 aliphatic rings. The van der Waals surface area contributed by atoms with E-state index in [1.807, 2.05) is 24.3 Å². The molecule has 0 unspecified atom stereocenters. The van der Waals surface area contributed by atoms with Gasteiger partial charge in [0.05, 0.1) is 4.47 Å². The maximum Gasteiger partial charge on any atom is 0.264 e. The largest absolute Gasteiger partial charge is 0.483 e. The second-order valence-corrected chi connectivity index (χ2v) is 6.00. The minimum Gasteiger partial charge on any atom is -0.483 e. The molecule has 2 aromatic rings. The molecule has 0 saturated carbocycles. The van der Waals surface area contributed by atoms with Crippen molar-refractivity contribution in [2.45, 2.75) is 12.8 Å². The van der Waals surface area contributed by atoms with Gasteiger partial charge < -0.3 is 9.64 Å². The molecular formula is C17H15BrFNO2. The quantitative estimate of drug-likeness (QED) is 0.826. The number of rotatable bonds is 3. The zero-order chi connectivity index (χ0) is 15.5. The standard InChI is InChI=1S/C17H15BrFNO2/c18-14-10-13(19)7-8-16(14)22-11-17(21)20-9-3-5-12-4-1-2-6-15(12)20/h1-2,4,6-8,10H,3,5,9,11H2. The summed E-state index contributed by atoms with van der Waals surface area (Å²) in [6, 6.07) is 12.1. The summed E-state index contributed by atoms with van der Waals surface area (Å²) >= 11 is 3.23. The first kappa shape index (κ1) is 15.0. The third-order valence-electron chi connectivity index (χ3n) is 3.66. The van der Waals surface area contributed by atoms with E-state index in [1.165, 1.54) is 23.8 Å². The molecule has 0 atom stereocenters. The van der Waals surface area contributed by atoms with Crippen LogP contribution in [0.1, 0.15) is 12.0 Å². The van der Waals surface area contributed by atoms with Gasteiger partial charge in [0.25, 0.3) is 5.91 Å². The van der Waals surface area contributed by atoms with Crippen molar-refractivity contribution in [1.82, 2.24) is 0 Å². The van der Waals surface area contributed by atoms with Gasteiger partial charge >= 0.3 is 0 Å². The Labute approximate surface area is 136 Å². The van der Waals surface area contributed by atoms with E-state index in [1.54, 1.807) is 4.90 Å². The van der Waals surface area contributed by atoms with Crippen molar-refractivity contribution in [3.63, 3.8) is 0 Å². The van der Waals surface area contributed by atoms with Gasteiger partial charge in [-0.1, -0.05) is 18.2 Å². The lowest BCUT2D eigenvalue weighted by Gasteiger charge is -2.29. The second kappa shape index (κ2) is 6.48. The van der Waals surface area contributed by atoms with Gasteiger partial charge in [-0.3, -0.25) is 4.79 Å². The van der Waals surface area contributed by atoms with Crippen LogP contribution < -0.4 is 9.64 Å². The highest BCUT2D eigenvalue weighted by molar-refractivity contribution is 9.10. The molecule has 114 valence electrons. The third-order valence-corrected chi connectivity index (χ3v) is 4.28. The lowest BCUT2D eigenvalue weighted by Crippen LogP contribution is -2.38. The van der Waals surface area contributed by atoms with E-state index in [0.29, 0.717) is 16.8 Å². The number of amides is 1. The van der Waals surface area contributed by atoms with Crippen LogP contribution in [-0.2, 0) is 11.2 Å². The minimum atomic E-state index is -0.351. The van der Waals surface area contributed by atoms with Crippen LogP contribution in [0, 0.1) is 5.82 Å². The van der Waals surface area contributed by atoms with Crippen molar-refractivity contribution >= 4 is 27.5 Å². The lowest BCUT2D eigenvalue weighted by atomic mass is 10.0. The Balaban J connectivity index is 1.70. The van der Waals surface area contributed by atoms with Gasteiger partial charge in [-0.2, -0.15) is 0 Å². The molecule has 1 aliphatic heterocycles. The summed E-state index contributed by atoms with van der Waals surface area (Å²) in [6.45, 7) is 0.627. The van der Waals surface area contributed by atoms with Crippen LogP contribution in [0.2, 0.25) is 0 Å². The van der Waals surface area contributed by atoms with E-state index in [0.717, 1.165) is 18.5 Å². The van der Waals surface area contributed by atoms with Crippen LogP contribution in [0.15, 0.2) is 46.9 Å². The molecule has 5 heteroatoms. The number of anilines is 1. The zero-order valence-electron chi connectivity index (χ0n) is 11.9. The molecule has 1 amide bonds. The highest BCUT2D eigenvalue weighted by Gasteiger charge is 2.22. The van der Waals surface area contributed by atoms with Gasteiger partial charge in [-0.15, -0.1) is 0 Å². The average molecular weight is 364 g/mol. The highest BCUT2D eigenvalue weighted by atomic mass is 79.9. The first-order valence-electron chi connectivity index (χ1n) is 7.11. The van der Waals surface area contributed by atoms with Crippen molar-refractivity contribution in [2.75, 3.05) is 18.1 Å². The Morgan fingerprint density at radius 3 is 2.91 bits per heavy atom. The molecule has 0 fully saturated rings. The van der Waals surface area contributed by atoms with Crippen molar-refractivity contribution in [3.8, 4) is 5.75 Å². The fourth-order valence-electron chi connectivity index (χ4n) is 2.60. The van der Waals surface area contributed by atoms with E-state index in [9.17, 15) is 9.18 Å². The van der Waals surface area contributed by atoms with Gasteiger partial charge in [0.15, 0.2) is 6.61 Å². The summed E-state index contributed by atoms with van der Waals surface area (Å²) in [5.74, 6) is 0.0129. The van der Waals surface area contributed by atoms with Crippen LogP contribution in [0.5, 0.6) is 5.75 Å². The highest BCUT2D eigenvalue weighted by Crippen LogP contribution is 2.28. The lowest BCUT2D eigenvalue weighted by molar-refractivity contribution is -0.120. The fourth-order valence-corrected chi connectivity index (χ4v) is 3.07. The Morgan fingerprint density at radius 1 is 1.27 bits per heavy atom. The number of para-hydroxylation sites is 1. The Bertz CT molecular complexity index is 705. The number of benzene rings is 2. The number of carbonyl (C=O) groups excluding carboxylic acids is 1. The molecule has 0 saturated heterocycles. The molecule has 0 radical (unpaired) electrons. The molecular weight excluding hydrogens is 349 g/mol. The normalized spacial score (nSPS) is 13.6. The molecule has 1 heterocycles. The number of aryl methyl sites for hydroxylation is 1. The predicted octanol–water partition coefficient (Wildman–Crippen LogP) is 3.95. The van der Waals surface area contributed by atoms with Crippen molar-refractivity contribution in [2.24, 2.45) is 0 Å². The smallest absolute Gasteiger partial charge is 0.264 e. The summed E-state index contributed by atoms with van der Waals surface area (Å²) in [5.41, 5.74) is 2.14. The van der Waals surface area contributed by atoms with Crippen LogP contribution in [0.4, 0.5) is 10.1 Å². The molecule has 3 nitrogen and oxygen atoms in total. The summed E-state index contributed by atoms with van der Waals surface area (Å²) < 4.78 is 19.1. The van der Waals surface area contributed by atoms with Gasteiger partial charge in [-0.25, -0.2) is 4.39 Å². The molecule has 0 spiro atoms. The van der Waals surface area contributed by atoms with Crippen LogP contribution >= 0.6 is 15.9 Å². The number of nitrogens with zero attached hydrogens (tertiary/aromatic N) is 1. The zero-order valence-corrected chi connectivity index (χ0v) is 13.5. The molecule has 3 rings (SSSR count). The van der Waals surface area contributed by atoms with Crippen LogP contribution in [-0.4, -0.2) is 19.1 Å². The van der Waals surface area contributed by atoms with E-state index in [2.05, 4.69) is 15.9 Å². The molecule has 2 aromatic carbocycles. The van der Waals surface area contributed by atoms with E-state index in [4.69, 9.17) is 4.74 Å². The SMILES string of the molecule is O=C(COc1ccc(F)cc1Br)N1CCCc2ccccc21. The van der Waals surface area contributed by atoms with Crippen molar-refractivity contribution < 1.29 is 13.9 Å². The molecule has 0 aliphatic carbocycles. The fraction of sp³-hybridized carbons (Fsp3) is 0.235. The average Bonchev–Trinajstić information content (AvgIpc) is 2.53. The van der Waals surface area contributed by atoms with Crippen molar-refractivity contribution in [1.29, 1.82) is 0 Å². The summed E-state index contributed by atoms with van der Waals surface area (Å²) in [4.78, 5) is 14.2. The number of ether oxygens (including phenoxy) is 1. The van der Waals surface area contributed by atoms with Gasteiger partial charge in [0.1, 0.15) is 11.6 Å². The summed E-state index contributed by atoms with van der Waals surface area (Å²) in [6.07, 6.45) is 1.94. The van der Waals surface area contributed by atoms with E-state index >= 15 is 0 Å². The second-order valence-electron chi connectivity index (χ2n) is 5.14. The number of carbonyl (C=O) groups is 1.